The molecule has 1 unspecified atom stereocenters. The molecule has 2 heterocycles. The van der Waals surface area contributed by atoms with Crippen LogP contribution in [0.15, 0.2) is 4.99 Å². The minimum atomic E-state index is 0.173. The molecular weight excluding hydrogens is 140 g/mol. The van der Waals surface area contributed by atoms with Crippen molar-refractivity contribution in [3.05, 3.63) is 0 Å². The highest BCUT2D eigenvalue weighted by atomic mass is 16.7. The lowest BCUT2D eigenvalue weighted by molar-refractivity contribution is -0.126. The maximum absolute atomic E-state index is 5.48. The van der Waals surface area contributed by atoms with Gasteiger partial charge in [0.2, 0.25) is 5.90 Å². The predicted molar refractivity (Wildman–Crippen MR) is 43.1 cm³/mol. The van der Waals surface area contributed by atoms with Crippen LogP contribution in [0.1, 0.15) is 33.6 Å². The molecule has 2 aliphatic heterocycles. The maximum Gasteiger partial charge on any atom is 0.208 e. The van der Waals surface area contributed by atoms with Crippen molar-refractivity contribution in [1.29, 1.82) is 0 Å². The highest BCUT2D eigenvalue weighted by molar-refractivity contribution is 5.74. The summed E-state index contributed by atoms with van der Waals surface area (Å²) in [5.41, 5.74) is 0.173. The lowest BCUT2D eigenvalue weighted by atomic mass is 10.0. The Morgan fingerprint density at radius 2 is 2.36 bits per heavy atom. The van der Waals surface area contributed by atoms with Crippen LogP contribution in [0.5, 0.6) is 0 Å². The van der Waals surface area contributed by atoms with Crippen molar-refractivity contribution in [1.82, 2.24) is 5.06 Å². The normalized spacial score (nSPS) is 34.8. The zero-order valence-corrected chi connectivity index (χ0v) is 7.29. The molecule has 11 heavy (non-hydrogen) atoms. The van der Waals surface area contributed by atoms with E-state index in [2.05, 4.69) is 18.8 Å². The molecule has 0 N–H and O–H groups in total. The molecule has 1 atom stereocenters. The van der Waals surface area contributed by atoms with Crippen LogP contribution in [0.2, 0.25) is 0 Å². The molecule has 0 bridgehead atoms. The average Bonchev–Trinajstić information content (AvgIpc) is 2.35. The van der Waals surface area contributed by atoms with Crippen molar-refractivity contribution < 1.29 is 4.84 Å². The predicted octanol–water partition coefficient (Wildman–Crippen LogP) is 1.55. The van der Waals surface area contributed by atoms with Gasteiger partial charge in [-0.1, -0.05) is 0 Å². The van der Waals surface area contributed by atoms with Crippen LogP contribution >= 0.6 is 0 Å². The van der Waals surface area contributed by atoms with Crippen LogP contribution in [0, 0.1) is 0 Å². The van der Waals surface area contributed by atoms with E-state index < -0.39 is 0 Å². The van der Waals surface area contributed by atoms with Gasteiger partial charge in [0.15, 0.2) is 0 Å². The molecule has 0 radical (unpaired) electrons. The van der Waals surface area contributed by atoms with E-state index in [1.807, 2.05) is 12.0 Å². The first-order valence-corrected chi connectivity index (χ1v) is 4.11. The van der Waals surface area contributed by atoms with Crippen molar-refractivity contribution in [2.45, 2.75) is 45.3 Å². The summed E-state index contributed by atoms with van der Waals surface area (Å²) in [6.07, 6.45) is 2.60. The molecular formula is C8H14N2O. The number of nitrogens with zero attached hydrogens (tertiary/aromatic N) is 2. The number of rotatable bonds is 0. The molecule has 0 spiro atoms. The third-order valence-electron chi connectivity index (χ3n) is 2.44. The van der Waals surface area contributed by atoms with Gasteiger partial charge in [-0.2, -0.15) is 0 Å². The summed E-state index contributed by atoms with van der Waals surface area (Å²) in [6.45, 7) is 6.30. The number of hydroxylamine groups is 2. The van der Waals surface area contributed by atoms with Crippen LogP contribution in [0.3, 0.4) is 0 Å². The van der Waals surface area contributed by atoms with Gasteiger partial charge in [0.1, 0.15) is 6.17 Å². The lowest BCUT2D eigenvalue weighted by Gasteiger charge is -2.27. The zero-order valence-electron chi connectivity index (χ0n) is 7.29. The number of aliphatic imine (C=N–C) groups is 1. The fourth-order valence-electron chi connectivity index (χ4n) is 1.79. The molecule has 0 aliphatic carbocycles. The summed E-state index contributed by atoms with van der Waals surface area (Å²) < 4.78 is 0. The Morgan fingerprint density at radius 1 is 1.64 bits per heavy atom. The first-order chi connectivity index (χ1) is 5.09. The van der Waals surface area contributed by atoms with E-state index >= 15 is 0 Å². The van der Waals surface area contributed by atoms with E-state index in [1.165, 1.54) is 6.42 Å². The van der Waals surface area contributed by atoms with Crippen molar-refractivity contribution in [3.63, 3.8) is 0 Å². The third-order valence-corrected chi connectivity index (χ3v) is 2.44. The first kappa shape index (κ1) is 7.10. The molecule has 2 aliphatic rings. The summed E-state index contributed by atoms with van der Waals surface area (Å²) in [5.74, 6) is 0.808. The van der Waals surface area contributed by atoms with Gasteiger partial charge in [-0.05, 0) is 26.7 Å². The highest BCUT2D eigenvalue weighted by Gasteiger charge is 2.44. The topological polar surface area (TPSA) is 24.8 Å². The van der Waals surface area contributed by atoms with Crippen LogP contribution in [-0.4, -0.2) is 22.7 Å². The first-order valence-electron chi connectivity index (χ1n) is 4.11. The van der Waals surface area contributed by atoms with Gasteiger partial charge in [-0.15, -0.1) is 5.06 Å². The molecule has 3 nitrogen and oxygen atoms in total. The van der Waals surface area contributed by atoms with E-state index in [0.29, 0.717) is 6.17 Å². The second-order valence-corrected chi connectivity index (χ2v) is 3.90. The van der Waals surface area contributed by atoms with Gasteiger partial charge < -0.3 is 4.84 Å². The van der Waals surface area contributed by atoms with Gasteiger partial charge >= 0.3 is 0 Å². The Labute approximate surface area is 67.0 Å². The van der Waals surface area contributed by atoms with E-state index in [-0.39, 0.29) is 5.54 Å². The van der Waals surface area contributed by atoms with Gasteiger partial charge in [-0.25, -0.2) is 4.99 Å². The zero-order chi connectivity index (χ0) is 8.06. The van der Waals surface area contributed by atoms with Crippen molar-refractivity contribution >= 4 is 5.90 Å². The minimum absolute atomic E-state index is 0.173. The summed E-state index contributed by atoms with van der Waals surface area (Å²) in [5, 5.41) is 2.02. The summed E-state index contributed by atoms with van der Waals surface area (Å²) >= 11 is 0. The molecule has 1 fully saturated rings. The molecule has 0 aromatic carbocycles. The van der Waals surface area contributed by atoms with Gasteiger partial charge in [0.25, 0.3) is 0 Å². The fourth-order valence-corrected chi connectivity index (χ4v) is 1.79. The van der Waals surface area contributed by atoms with Gasteiger partial charge in [0, 0.05) is 6.92 Å². The fraction of sp³-hybridized carbons (Fsp3) is 0.875. The average molecular weight is 154 g/mol. The largest absolute Gasteiger partial charge is 0.388 e. The molecule has 2 rings (SSSR count). The Bertz CT molecular complexity index is 210. The molecule has 62 valence electrons. The Hall–Kier alpha value is -0.570. The standard InChI is InChI=1S/C8H14N2O/c1-6-9-7-4-5-8(2,3)10(7)11-6/h7H,4-5H2,1-3H3. The van der Waals surface area contributed by atoms with Crippen molar-refractivity contribution in [3.8, 4) is 0 Å². The third kappa shape index (κ3) is 0.948. The molecule has 0 amide bonds. The van der Waals surface area contributed by atoms with Crippen LogP contribution in [0.4, 0.5) is 0 Å². The van der Waals surface area contributed by atoms with E-state index in [9.17, 15) is 0 Å². The Kier molecular flexibility index (Phi) is 1.27. The second-order valence-electron chi connectivity index (χ2n) is 3.90. The second kappa shape index (κ2) is 1.97. The summed E-state index contributed by atoms with van der Waals surface area (Å²) in [6, 6.07) is 0. The van der Waals surface area contributed by atoms with E-state index in [4.69, 9.17) is 4.84 Å². The minimum Gasteiger partial charge on any atom is -0.388 e. The van der Waals surface area contributed by atoms with E-state index in [1.54, 1.807) is 0 Å². The Balaban J connectivity index is 2.20. The van der Waals surface area contributed by atoms with Gasteiger partial charge in [0.05, 0.1) is 5.54 Å². The quantitative estimate of drug-likeness (QED) is 0.529. The highest BCUT2D eigenvalue weighted by Crippen LogP contribution is 2.36. The monoisotopic (exact) mass is 154 g/mol. The molecule has 0 aromatic rings. The SMILES string of the molecule is CC1=NC2CCC(C)(C)N2O1. The van der Waals surface area contributed by atoms with Crippen LogP contribution < -0.4 is 0 Å². The maximum atomic E-state index is 5.48. The number of hydrogen-bond acceptors (Lipinski definition) is 3. The smallest absolute Gasteiger partial charge is 0.208 e. The number of fused-ring (bicyclic) bond motifs is 1. The summed E-state index contributed by atoms with van der Waals surface area (Å²) in [7, 11) is 0. The van der Waals surface area contributed by atoms with Gasteiger partial charge in [-0.3, -0.25) is 0 Å². The molecule has 1 saturated heterocycles. The Morgan fingerprint density at radius 3 is 3.00 bits per heavy atom. The molecule has 3 heteroatoms. The van der Waals surface area contributed by atoms with Crippen molar-refractivity contribution in [2.24, 2.45) is 4.99 Å². The van der Waals surface area contributed by atoms with Crippen LogP contribution in [0.25, 0.3) is 0 Å². The molecule has 0 saturated carbocycles. The van der Waals surface area contributed by atoms with Crippen LogP contribution in [-0.2, 0) is 4.84 Å². The number of hydrogen-bond donors (Lipinski definition) is 0. The molecule has 0 aromatic heterocycles. The van der Waals surface area contributed by atoms with E-state index in [0.717, 1.165) is 12.3 Å². The summed E-state index contributed by atoms with van der Waals surface area (Å²) in [4.78, 5) is 9.85. The lowest BCUT2D eigenvalue weighted by Crippen LogP contribution is -2.39. The van der Waals surface area contributed by atoms with Crippen molar-refractivity contribution in [2.75, 3.05) is 0 Å².